The van der Waals surface area contributed by atoms with Crippen molar-refractivity contribution in [3.63, 3.8) is 0 Å². The number of benzene rings is 1. The second-order valence-corrected chi connectivity index (χ2v) is 8.06. The molecule has 1 aliphatic rings. The summed E-state index contributed by atoms with van der Waals surface area (Å²) in [5.74, 6) is -0.586. The number of hydrogen-bond acceptors (Lipinski definition) is 4. The summed E-state index contributed by atoms with van der Waals surface area (Å²) in [6.45, 7) is 0. The quantitative estimate of drug-likeness (QED) is 0.775. The van der Waals surface area contributed by atoms with Crippen LogP contribution in [0.25, 0.3) is 0 Å². The summed E-state index contributed by atoms with van der Waals surface area (Å²) in [6, 6.07) is 2.10. The first kappa shape index (κ1) is 17.7. The molecule has 5 nitrogen and oxygen atoms in total. The number of sulfone groups is 1. The van der Waals surface area contributed by atoms with E-state index in [2.05, 4.69) is 11.3 Å². The summed E-state index contributed by atoms with van der Waals surface area (Å²) in [5, 5.41) is 4.18. The number of rotatable bonds is 4. The summed E-state index contributed by atoms with van der Waals surface area (Å²) in [7, 11) is -2.47. The molecule has 0 N–H and O–H groups in total. The van der Waals surface area contributed by atoms with E-state index in [1.165, 1.54) is 4.68 Å². The molecule has 0 saturated heterocycles. The topological polar surface area (TPSA) is 69.0 Å². The van der Waals surface area contributed by atoms with Gasteiger partial charge in [-0.05, 0) is 31.0 Å². The second kappa shape index (κ2) is 5.69. The molecule has 0 spiro atoms. The Morgan fingerprint density at radius 2 is 1.96 bits per heavy atom. The molecule has 0 bridgehead atoms. The first-order valence-electron chi connectivity index (χ1n) is 7.40. The predicted molar refractivity (Wildman–Crippen MR) is 82.0 cm³/mol. The molecular formula is C16H14F3N2O3S. The van der Waals surface area contributed by atoms with Gasteiger partial charge < -0.3 is 0 Å². The van der Waals surface area contributed by atoms with E-state index in [4.69, 9.17) is 0 Å². The maximum atomic E-state index is 12.9. The lowest BCUT2D eigenvalue weighted by atomic mass is 10.0. The van der Waals surface area contributed by atoms with Gasteiger partial charge in [0.1, 0.15) is 0 Å². The van der Waals surface area contributed by atoms with E-state index in [0.29, 0.717) is 17.8 Å². The van der Waals surface area contributed by atoms with E-state index in [-0.39, 0.29) is 17.0 Å². The van der Waals surface area contributed by atoms with Gasteiger partial charge in [-0.15, -0.1) is 0 Å². The van der Waals surface area contributed by atoms with Gasteiger partial charge in [-0.1, -0.05) is 0 Å². The zero-order chi connectivity index (χ0) is 18.6. The van der Waals surface area contributed by atoms with Crippen molar-refractivity contribution in [1.82, 2.24) is 9.78 Å². The number of alkyl halides is 3. The molecule has 0 atom stereocenters. The van der Waals surface area contributed by atoms with Crippen LogP contribution in [-0.2, 0) is 23.1 Å². The Balaban J connectivity index is 2.15. The molecule has 133 valence electrons. The number of carbonyl (C=O) groups is 1. The fourth-order valence-electron chi connectivity index (χ4n) is 2.59. The zero-order valence-corrected chi connectivity index (χ0v) is 14.2. The molecule has 0 amide bonds. The lowest BCUT2D eigenvalue weighted by molar-refractivity contribution is -0.137. The number of aromatic nitrogens is 2. The van der Waals surface area contributed by atoms with Crippen LogP contribution in [0.4, 0.5) is 13.2 Å². The minimum absolute atomic E-state index is 0.104. The second-order valence-electron chi connectivity index (χ2n) is 6.08. The molecule has 1 aromatic heterocycles. The highest BCUT2D eigenvalue weighted by Crippen LogP contribution is 2.41. The van der Waals surface area contributed by atoms with Gasteiger partial charge in [0.05, 0.1) is 27.9 Å². The summed E-state index contributed by atoms with van der Waals surface area (Å²) in [4.78, 5) is 12.2. The third kappa shape index (κ3) is 3.46. The third-order valence-corrected chi connectivity index (χ3v) is 5.07. The van der Waals surface area contributed by atoms with Crippen LogP contribution in [0.15, 0.2) is 23.1 Å². The SMILES string of the molecule is Cn1[c]c(C(=O)c2ccc(C(F)(F)F)cc2S(C)(=O)=O)c(C2CC2)n1. The van der Waals surface area contributed by atoms with Gasteiger partial charge in [0, 0.05) is 24.8 Å². The van der Waals surface area contributed by atoms with E-state index in [1.807, 2.05) is 0 Å². The molecule has 1 heterocycles. The zero-order valence-electron chi connectivity index (χ0n) is 13.4. The maximum absolute atomic E-state index is 12.9. The monoisotopic (exact) mass is 371 g/mol. The Labute approximate surface area is 142 Å². The predicted octanol–water partition coefficient (Wildman–Crippen LogP) is 2.75. The summed E-state index contributed by atoms with van der Waals surface area (Å²) < 4.78 is 63.9. The molecule has 0 aliphatic heterocycles. The molecule has 1 aliphatic carbocycles. The van der Waals surface area contributed by atoms with E-state index in [0.717, 1.165) is 25.2 Å². The smallest absolute Gasteiger partial charge is 0.288 e. The molecule has 9 heteroatoms. The van der Waals surface area contributed by atoms with Gasteiger partial charge >= 0.3 is 6.18 Å². The Morgan fingerprint density at radius 1 is 1.32 bits per heavy atom. The van der Waals surface area contributed by atoms with Crippen LogP contribution in [0.3, 0.4) is 0 Å². The van der Waals surface area contributed by atoms with Gasteiger partial charge in [0.25, 0.3) is 0 Å². The van der Waals surface area contributed by atoms with Crippen molar-refractivity contribution in [3.8, 4) is 0 Å². The molecule has 2 aromatic rings. The summed E-state index contributed by atoms with van der Waals surface area (Å²) in [5.41, 5.74) is -0.815. The minimum Gasteiger partial charge on any atom is -0.288 e. The Kier molecular flexibility index (Phi) is 4.02. The van der Waals surface area contributed by atoms with Crippen LogP contribution in [0.1, 0.15) is 45.9 Å². The number of carbonyl (C=O) groups excluding carboxylic acids is 1. The lowest BCUT2D eigenvalue weighted by Gasteiger charge is -2.12. The number of hydrogen-bond donors (Lipinski definition) is 0. The van der Waals surface area contributed by atoms with Gasteiger partial charge in [0.15, 0.2) is 15.6 Å². The molecule has 1 radical (unpaired) electrons. The average molecular weight is 371 g/mol. The van der Waals surface area contributed by atoms with Crippen LogP contribution >= 0.6 is 0 Å². The molecular weight excluding hydrogens is 357 g/mol. The van der Waals surface area contributed by atoms with Gasteiger partial charge in [-0.25, -0.2) is 8.42 Å². The van der Waals surface area contributed by atoms with Gasteiger partial charge in [-0.3, -0.25) is 9.48 Å². The Morgan fingerprint density at radius 3 is 2.48 bits per heavy atom. The Hall–Kier alpha value is -2.16. The lowest BCUT2D eigenvalue weighted by Crippen LogP contribution is -2.13. The van der Waals surface area contributed by atoms with Crippen LogP contribution in [0.2, 0.25) is 0 Å². The van der Waals surface area contributed by atoms with Gasteiger partial charge in [0.2, 0.25) is 0 Å². The van der Waals surface area contributed by atoms with E-state index < -0.39 is 32.3 Å². The van der Waals surface area contributed by atoms with E-state index >= 15 is 0 Å². The largest absolute Gasteiger partial charge is 0.416 e. The molecule has 1 saturated carbocycles. The number of aryl methyl sites for hydroxylation is 1. The van der Waals surface area contributed by atoms with Crippen molar-refractivity contribution in [2.75, 3.05) is 6.26 Å². The van der Waals surface area contributed by atoms with Crippen molar-refractivity contribution in [2.45, 2.75) is 29.8 Å². The summed E-state index contributed by atoms with van der Waals surface area (Å²) in [6.07, 6.45) is 0.507. The molecule has 25 heavy (non-hydrogen) atoms. The number of halogens is 3. The molecule has 3 rings (SSSR count). The number of nitrogens with zero attached hydrogens (tertiary/aromatic N) is 2. The third-order valence-electron chi connectivity index (χ3n) is 3.93. The van der Waals surface area contributed by atoms with E-state index in [9.17, 15) is 26.4 Å². The minimum atomic E-state index is -4.71. The number of ketones is 1. The van der Waals surface area contributed by atoms with Crippen LogP contribution < -0.4 is 0 Å². The van der Waals surface area contributed by atoms with Crippen molar-refractivity contribution in [3.05, 3.63) is 46.8 Å². The van der Waals surface area contributed by atoms with Crippen molar-refractivity contribution in [1.29, 1.82) is 0 Å². The highest BCUT2D eigenvalue weighted by molar-refractivity contribution is 7.90. The van der Waals surface area contributed by atoms with Crippen LogP contribution in [0.5, 0.6) is 0 Å². The highest BCUT2D eigenvalue weighted by Gasteiger charge is 2.35. The van der Waals surface area contributed by atoms with Crippen molar-refractivity contribution < 1.29 is 26.4 Å². The molecule has 1 aromatic carbocycles. The van der Waals surface area contributed by atoms with Crippen LogP contribution in [0, 0.1) is 6.20 Å². The highest BCUT2D eigenvalue weighted by atomic mass is 32.2. The van der Waals surface area contributed by atoms with Crippen molar-refractivity contribution in [2.24, 2.45) is 7.05 Å². The molecule has 0 unspecified atom stereocenters. The first-order valence-corrected chi connectivity index (χ1v) is 9.30. The average Bonchev–Trinajstić information content (AvgIpc) is 3.26. The maximum Gasteiger partial charge on any atom is 0.416 e. The fourth-order valence-corrected chi connectivity index (χ4v) is 3.49. The normalized spacial score (nSPS) is 15.4. The standard InChI is InChI=1S/C16H14F3N2O3S/c1-21-8-12(14(20-21)9-3-4-9)15(22)11-6-5-10(16(17,18)19)7-13(11)25(2,23)24/h5-7,9H,3-4H2,1-2H3. The molecule has 1 fully saturated rings. The first-order chi connectivity index (χ1) is 11.5. The Bertz CT molecular complexity index is 957. The van der Waals surface area contributed by atoms with Gasteiger partial charge in [-0.2, -0.15) is 18.3 Å². The fraction of sp³-hybridized carbons (Fsp3) is 0.375. The summed E-state index contributed by atoms with van der Waals surface area (Å²) >= 11 is 0. The van der Waals surface area contributed by atoms with Crippen LogP contribution in [-0.4, -0.2) is 30.2 Å². The van der Waals surface area contributed by atoms with E-state index in [1.54, 1.807) is 7.05 Å². The van der Waals surface area contributed by atoms with Crippen molar-refractivity contribution >= 4 is 15.6 Å².